The molecule has 0 saturated carbocycles. The van der Waals surface area contributed by atoms with E-state index in [1.54, 1.807) is 0 Å². The fourth-order valence-electron chi connectivity index (χ4n) is 2.19. The summed E-state index contributed by atoms with van der Waals surface area (Å²) in [6.07, 6.45) is -5.02. The lowest BCUT2D eigenvalue weighted by Crippen LogP contribution is -2.41. The van der Waals surface area contributed by atoms with E-state index >= 15 is 0 Å². The Morgan fingerprint density at radius 3 is 2.36 bits per heavy atom. The Balaban J connectivity index is 2.70. The predicted octanol–water partition coefficient (Wildman–Crippen LogP) is 1.59. The molecule has 1 heterocycles. The highest BCUT2D eigenvalue weighted by Crippen LogP contribution is 2.27. The normalized spacial score (nSPS) is 11.4. The molecule has 0 aliphatic rings. The van der Waals surface area contributed by atoms with Gasteiger partial charge < -0.3 is 9.84 Å². The molecule has 0 spiro atoms. The van der Waals surface area contributed by atoms with Crippen molar-refractivity contribution in [2.45, 2.75) is 6.18 Å². The molecular formula is C15H9ClF4N2O6. The lowest BCUT2D eigenvalue weighted by molar-refractivity contribution is -0.144. The summed E-state index contributed by atoms with van der Waals surface area (Å²) in [6.45, 7) is -1.05. The Morgan fingerprint density at radius 1 is 1.21 bits per heavy atom. The number of hydrogen-bond donors (Lipinski definition) is 1. The number of nitrogens with zero attached hydrogens (tertiary/aromatic N) is 2. The number of ether oxygens (including phenoxy) is 1. The second-order valence-electron chi connectivity index (χ2n) is 5.30. The zero-order valence-corrected chi connectivity index (χ0v) is 14.5. The largest absolute Gasteiger partial charge is 0.479 e. The predicted molar refractivity (Wildman–Crippen MR) is 85.2 cm³/mol. The van der Waals surface area contributed by atoms with Crippen molar-refractivity contribution in [3.05, 3.63) is 61.1 Å². The van der Waals surface area contributed by atoms with Crippen molar-refractivity contribution in [2.24, 2.45) is 7.05 Å². The molecule has 13 heteroatoms. The van der Waals surface area contributed by atoms with E-state index in [9.17, 15) is 36.7 Å². The summed E-state index contributed by atoms with van der Waals surface area (Å²) in [4.78, 5) is 46.6. The first-order chi connectivity index (χ1) is 12.8. The molecule has 150 valence electrons. The summed E-state index contributed by atoms with van der Waals surface area (Å²) in [5.74, 6) is -4.11. The minimum absolute atomic E-state index is 0.0644. The van der Waals surface area contributed by atoms with Crippen LogP contribution in [0.2, 0.25) is 5.02 Å². The Bertz CT molecular complexity index is 1090. The van der Waals surface area contributed by atoms with Crippen molar-refractivity contribution in [3.8, 4) is 5.69 Å². The summed E-state index contributed by atoms with van der Waals surface area (Å²) in [5, 5.41) is 7.96. The van der Waals surface area contributed by atoms with Crippen molar-refractivity contribution in [2.75, 3.05) is 6.61 Å². The second kappa shape index (κ2) is 7.46. The number of benzene rings is 1. The summed E-state index contributed by atoms with van der Waals surface area (Å²) in [7, 11) is 0.719. The van der Waals surface area contributed by atoms with Crippen LogP contribution in [0.1, 0.15) is 16.1 Å². The molecule has 1 aromatic carbocycles. The lowest BCUT2D eigenvalue weighted by Gasteiger charge is -2.15. The average Bonchev–Trinajstić information content (AvgIpc) is 2.56. The number of carboxylic acid groups (broad SMARTS) is 1. The average molecular weight is 425 g/mol. The smallest absolute Gasteiger partial charge is 0.431 e. The summed E-state index contributed by atoms with van der Waals surface area (Å²) >= 11 is 5.69. The number of rotatable bonds is 4. The standard InChI is InChI=1S/C15H9ClF4N2O6/c1-21-10(15(18,19)20)4-11(23)22(14(21)27)9-2-6(7(16)3-8(9)17)13(26)28-5-12(24)25/h2-4H,5H2,1H3,(H,24,25). The minimum atomic E-state index is -5.02. The number of esters is 1. The fraction of sp³-hybridized carbons (Fsp3) is 0.200. The number of carbonyl (C=O) groups excluding carboxylic acids is 1. The lowest BCUT2D eigenvalue weighted by atomic mass is 10.2. The molecule has 1 aromatic heterocycles. The number of carbonyl (C=O) groups is 2. The van der Waals surface area contributed by atoms with Crippen LogP contribution in [0.4, 0.5) is 17.6 Å². The minimum Gasteiger partial charge on any atom is -0.479 e. The fourth-order valence-corrected chi connectivity index (χ4v) is 2.42. The summed E-state index contributed by atoms with van der Waals surface area (Å²) < 4.78 is 57.4. The third-order valence-electron chi connectivity index (χ3n) is 3.43. The highest BCUT2D eigenvalue weighted by Gasteiger charge is 2.35. The quantitative estimate of drug-likeness (QED) is 0.590. The highest BCUT2D eigenvalue weighted by atomic mass is 35.5. The van der Waals surface area contributed by atoms with Crippen molar-refractivity contribution < 1.29 is 37.0 Å². The molecule has 0 amide bonds. The molecule has 0 radical (unpaired) electrons. The van der Waals surface area contributed by atoms with Gasteiger partial charge in [-0.25, -0.2) is 23.3 Å². The molecular weight excluding hydrogens is 416 g/mol. The van der Waals surface area contributed by atoms with Gasteiger partial charge in [-0.3, -0.25) is 9.36 Å². The zero-order valence-electron chi connectivity index (χ0n) is 13.7. The van der Waals surface area contributed by atoms with Gasteiger partial charge in [-0.2, -0.15) is 13.2 Å². The Hall–Kier alpha value is -3.15. The van der Waals surface area contributed by atoms with Gasteiger partial charge in [0, 0.05) is 13.1 Å². The first kappa shape index (κ1) is 21.2. The SMILES string of the molecule is Cn1c(C(F)(F)F)cc(=O)n(-c2cc(C(=O)OCC(=O)O)c(Cl)cc2F)c1=O. The van der Waals surface area contributed by atoms with Crippen LogP contribution in [0.5, 0.6) is 0 Å². The van der Waals surface area contributed by atoms with Crippen LogP contribution in [0, 0.1) is 5.82 Å². The van der Waals surface area contributed by atoms with Crippen LogP contribution in [0.25, 0.3) is 5.69 Å². The zero-order chi connectivity index (χ0) is 21.4. The van der Waals surface area contributed by atoms with E-state index in [1.165, 1.54) is 0 Å². The first-order valence-electron chi connectivity index (χ1n) is 7.13. The van der Waals surface area contributed by atoms with Gasteiger partial charge in [0.1, 0.15) is 11.5 Å². The van der Waals surface area contributed by atoms with Crippen LogP contribution < -0.4 is 11.2 Å². The van der Waals surface area contributed by atoms with E-state index in [0.29, 0.717) is 12.1 Å². The van der Waals surface area contributed by atoms with E-state index in [2.05, 4.69) is 4.74 Å². The maximum absolute atomic E-state index is 14.3. The van der Waals surface area contributed by atoms with Crippen molar-refractivity contribution in [1.82, 2.24) is 9.13 Å². The summed E-state index contributed by atoms with van der Waals surface area (Å²) in [6, 6.07) is 1.20. The Labute approximate surface area is 157 Å². The van der Waals surface area contributed by atoms with Crippen LogP contribution in [-0.2, 0) is 22.8 Å². The van der Waals surface area contributed by atoms with E-state index < -0.39 is 63.8 Å². The van der Waals surface area contributed by atoms with Gasteiger partial charge in [-0.05, 0) is 12.1 Å². The third-order valence-corrected chi connectivity index (χ3v) is 3.75. The molecule has 2 aromatic rings. The highest BCUT2D eigenvalue weighted by molar-refractivity contribution is 6.33. The number of halogens is 5. The molecule has 0 aliphatic carbocycles. The molecule has 8 nitrogen and oxygen atoms in total. The molecule has 28 heavy (non-hydrogen) atoms. The maximum atomic E-state index is 14.3. The Kier molecular flexibility index (Phi) is 5.64. The second-order valence-corrected chi connectivity index (χ2v) is 5.70. The van der Waals surface area contributed by atoms with E-state index in [4.69, 9.17) is 16.7 Å². The molecule has 2 rings (SSSR count). The molecule has 0 aliphatic heterocycles. The van der Waals surface area contributed by atoms with Crippen LogP contribution in [0.15, 0.2) is 27.8 Å². The van der Waals surface area contributed by atoms with Gasteiger partial charge >= 0.3 is 23.8 Å². The Morgan fingerprint density at radius 2 is 1.82 bits per heavy atom. The number of hydrogen-bond acceptors (Lipinski definition) is 5. The number of aromatic nitrogens is 2. The van der Waals surface area contributed by atoms with E-state index in [0.717, 1.165) is 7.05 Å². The van der Waals surface area contributed by atoms with Gasteiger partial charge in [0.2, 0.25) is 0 Å². The monoisotopic (exact) mass is 424 g/mol. The topological polar surface area (TPSA) is 108 Å². The van der Waals surface area contributed by atoms with Crippen molar-refractivity contribution >= 4 is 23.5 Å². The first-order valence-corrected chi connectivity index (χ1v) is 7.51. The molecule has 0 atom stereocenters. The van der Waals surface area contributed by atoms with Gasteiger partial charge in [0.05, 0.1) is 16.3 Å². The molecule has 0 fully saturated rings. The molecule has 1 N–H and O–H groups in total. The molecule has 0 saturated heterocycles. The number of carboxylic acids is 1. The van der Waals surface area contributed by atoms with Gasteiger partial charge in [0.15, 0.2) is 6.61 Å². The van der Waals surface area contributed by atoms with Crippen molar-refractivity contribution in [3.63, 3.8) is 0 Å². The van der Waals surface area contributed by atoms with E-state index in [-0.39, 0.29) is 15.2 Å². The van der Waals surface area contributed by atoms with Gasteiger partial charge in [0.25, 0.3) is 5.56 Å². The summed E-state index contributed by atoms with van der Waals surface area (Å²) in [5.41, 5.74) is -6.08. The molecule has 0 unspecified atom stereocenters. The van der Waals surface area contributed by atoms with E-state index in [1.807, 2.05) is 0 Å². The van der Waals surface area contributed by atoms with Crippen molar-refractivity contribution in [1.29, 1.82) is 0 Å². The van der Waals surface area contributed by atoms with Gasteiger partial charge in [-0.1, -0.05) is 11.6 Å². The molecule has 0 bridgehead atoms. The van der Waals surface area contributed by atoms with Crippen LogP contribution in [0.3, 0.4) is 0 Å². The number of aliphatic carboxylic acids is 1. The maximum Gasteiger partial charge on any atom is 0.431 e. The van der Waals surface area contributed by atoms with Gasteiger partial charge in [-0.15, -0.1) is 0 Å². The van der Waals surface area contributed by atoms with Crippen LogP contribution >= 0.6 is 11.6 Å². The third kappa shape index (κ3) is 4.06. The number of alkyl halides is 3. The van der Waals surface area contributed by atoms with Crippen LogP contribution in [-0.4, -0.2) is 32.8 Å².